The third-order valence-electron chi connectivity index (χ3n) is 5.22. The first-order chi connectivity index (χ1) is 13.1. The summed E-state index contributed by atoms with van der Waals surface area (Å²) in [5.41, 5.74) is 7.55. The van der Waals surface area contributed by atoms with Crippen molar-refractivity contribution in [1.82, 2.24) is 14.8 Å². The SMILES string of the molecule is Cc1nn(CCO)cc1-c1cc(C)c2cc(N3CCOCC3)cc(C)c2n1. The number of fused-ring (bicyclic) bond motifs is 1. The molecule has 6 nitrogen and oxygen atoms in total. The quantitative estimate of drug-likeness (QED) is 0.769. The molecule has 0 saturated carbocycles. The molecule has 6 heteroatoms. The van der Waals surface area contributed by atoms with Crippen LogP contribution in [0.4, 0.5) is 5.69 Å². The third-order valence-corrected chi connectivity index (χ3v) is 5.22. The second-order valence-corrected chi connectivity index (χ2v) is 7.20. The molecule has 2 aromatic heterocycles. The zero-order valence-electron chi connectivity index (χ0n) is 16.2. The lowest BCUT2D eigenvalue weighted by atomic mass is 10.0. The fraction of sp³-hybridized carbons (Fsp3) is 0.429. The number of benzene rings is 1. The van der Waals surface area contributed by atoms with Crippen LogP contribution in [0.5, 0.6) is 0 Å². The Balaban J connectivity index is 1.78. The third kappa shape index (κ3) is 3.42. The fourth-order valence-electron chi connectivity index (χ4n) is 3.77. The molecule has 3 aromatic rings. The van der Waals surface area contributed by atoms with Gasteiger partial charge < -0.3 is 14.7 Å². The lowest BCUT2D eigenvalue weighted by Crippen LogP contribution is -2.36. The number of pyridine rings is 1. The Morgan fingerprint density at radius 2 is 1.85 bits per heavy atom. The number of morpholine rings is 1. The van der Waals surface area contributed by atoms with Gasteiger partial charge in [-0.2, -0.15) is 5.10 Å². The molecule has 142 valence electrons. The summed E-state index contributed by atoms with van der Waals surface area (Å²) >= 11 is 0. The molecule has 3 heterocycles. The standard InChI is InChI=1S/C21H26N4O2/c1-14-11-20(19-13-25(4-7-26)23-16(19)3)22-21-15(2)10-17(12-18(14)21)24-5-8-27-9-6-24/h10-13,26H,4-9H2,1-3H3. The molecule has 0 spiro atoms. The molecule has 1 aliphatic rings. The van der Waals surface area contributed by atoms with Gasteiger partial charge in [-0.15, -0.1) is 0 Å². The van der Waals surface area contributed by atoms with Crippen LogP contribution in [0.2, 0.25) is 0 Å². The van der Waals surface area contributed by atoms with E-state index in [1.54, 1.807) is 4.68 Å². The van der Waals surface area contributed by atoms with Crippen molar-refractivity contribution in [2.75, 3.05) is 37.8 Å². The van der Waals surface area contributed by atoms with Crippen LogP contribution in [0.1, 0.15) is 16.8 Å². The Labute approximate surface area is 159 Å². The van der Waals surface area contributed by atoms with Gasteiger partial charge in [0.05, 0.1) is 43.3 Å². The molecule has 1 N–H and O–H groups in total. The maximum Gasteiger partial charge on any atom is 0.0746 e. The number of hydrogen-bond donors (Lipinski definition) is 1. The van der Waals surface area contributed by atoms with Crippen LogP contribution in [0.25, 0.3) is 22.2 Å². The Morgan fingerprint density at radius 1 is 1.07 bits per heavy atom. The summed E-state index contributed by atoms with van der Waals surface area (Å²) < 4.78 is 7.26. The highest BCUT2D eigenvalue weighted by molar-refractivity contribution is 5.90. The molecular weight excluding hydrogens is 340 g/mol. The summed E-state index contributed by atoms with van der Waals surface area (Å²) in [5.74, 6) is 0. The molecule has 1 aromatic carbocycles. The van der Waals surface area contributed by atoms with Gasteiger partial charge in [0.2, 0.25) is 0 Å². The van der Waals surface area contributed by atoms with Crippen LogP contribution in [-0.2, 0) is 11.3 Å². The first kappa shape index (κ1) is 17.9. The van der Waals surface area contributed by atoms with Gasteiger partial charge in [-0.3, -0.25) is 4.68 Å². The molecule has 27 heavy (non-hydrogen) atoms. The van der Waals surface area contributed by atoms with Crippen LogP contribution in [0, 0.1) is 20.8 Å². The zero-order chi connectivity index (χ0) is 19.0. The second-order valence-electron chi connectivity index (χ2n) is 7.20. The first-order valence-electron chi connectivity index (χ1n) is 9.47. The van der Waals surface area contributed by atoms with Gasteiger partial charge in [0.15, 0.2) is 0 Å². The van der Waals surface area contributed by atoms with Crippen LogP contribution < -0.4 is 4.90 Å². The predicted molar refractivity (Wildman–Crippen MR) is 107 cm³/mol. The van der Waals surface area contributed by atoms with E-state index in [0.717, 1.165) is 48.8 Å². The van der Waals surface area contributed by atoms with Crippen LogP contribution in [0.15, 0.2) is 24.4 Å². The number of aromatic nitrogens is 3. The van der Waals surface area contributed by atoms with E-state index in [1.807, 2.05) is 13.1 Å². The van der Waals surface area contributed by atoms with Crippen molar-refractivity contribution >= 4 is 16.6 Å². The smallest absolute Gasteiger partial charge is 0.0746 e. The Bertz CT molecular complexity index is 974. The molecule has 0 bridgehead atoms. The summed E-state index contributed by atoms with van der Waals surface area (Å²) in [6.45, 7) is 10.3. The van der Waals surface area contributed by atoms with Gasteiger partial charge in [0.1, 0.15) is 0 Å². The number of nitrogens with zero attached hydrogens (tertiary/aromatic N) is 4. The van der Waals surface area contributed by atoms with E-state index in [4.69, 9.17) is 14.8 Å². The van der Waals surface area contributed by atoms with Crippen LogP contribution in [0.3, 0.4) is 0 Å². The van der Waals surface area contributed by atoms with Gasteiger partial charge >= 0.3 is 0 Å². The van der Waals surface area contributed by atoms with E-state index < -0.39 is 0 Å². The Hall–Kier alpha value is -2.44. The van der Waals surface area contributed by atoms with Gasteiger partial charge in [0, 0.05) is 35.9 Å². The van der Waals surface area contributed by atoms with E-state index in [0.29, 0.717) is 6.54 Å². The molecule has 0 amide bonds. The van der Waals surface area contributed by atoms with Gasteiger partial charge in [-0.1, -0.05) is 0 Å². The van der Waals surface area contributed by atoms with E-state index in [2.05, 4.69) is 42.0 Å². The van der Waals surface area contributed by atoms with Gasteiger partial charge in [-0.05, 0) is 50.1 Å². The summed E-state index contributed by atoms with van der Waals surface area (Å²) in [5, 5.41) is 14.8. The number of ether oxygens (including phenoxy) is 1. The molecule has 1 saturated heterocycles. The zero-order valence-corrected chi connectivity index (χ0v) is 16.2. The summed E-state index contributed by atoms with van der Waals surface area (Å²) in [6.07, 6.45) is 1.97. The van der Waals surface area contributed by atoms with E-state index in [1.165, 1.54) is 22.2 Å². The van der Waals surface area contributed by atoms with Gasteiger partial charge in [-0.25, -0.2) is 4.98 Å². The molecule has 0 radical (unpaired) electrons. The molecule has 1 fully saturated rings. The number of aliphatic hydroxyl groups is 1. The second kappa shape index (κ2) is 7.29. The van der Waals surface area contributed by atoms with Crippen molar-refractivity contribution in [3.8, 4) is 11.3 Å². The minimum atomic E-state index is 0.0775. The highest BCUT2D eigenvalue weighted by atomic mass is 16.5. The number of anilines is 1. The summed E-state index contributed by atoms with van der Waals surface area (Å²) in [7, 11) is 0. The Kier molecular flexibility index (Phi) is 4.85. The Morgan fingerprint density at radius 3 is 2.59 bits per heavy atom. The molecule has 0 unspecified atom stereocenters. The minimum absolute atomic E-state index is 0.0775. The van der Waals surface area contributed by atoms with Crippen molar-refractivity contribution in [3.05, 3.63) is 41.2 Å². The largest absolute Gasteiger partial charge is 0.394 e. The van der Waals surface area contributed by atoms with Crippen molar-refractivity contribution in [2.45, 2.75) is 27.3 Å². The lowest BCUT2D eigenvalue weighted by Gasteiger charge is -2.29. The van der Waals surface area contributed by atoms with Gasteiger partial charge in [0.25, 0.3) is 0 Å². The average molecular weight is 366 g/mol. The normalized spacial score (nSPS) is 14.9. The number of hydrogen-bond acceptors (Lipinski definition) is 5. The van der Waals surface area contributed by atoms with Crippen molar-refractivity contribution in [1.29, 1.82) is 0 Å². The van der Waals surface area contributed by atoms with E-state index in [-0.39, 0.29) is 6.61 Å². The lowest BCUT2D eigenvalue weighted by molar-refractivity contribution is 0.122. The fourth-order valence-corrected chi connectivity index (χ4v) is 3.77. The van der Waals surface area contributed by atoms with Crippen LogP contribution >= 0.6 is 0 Å². The number of aliphatic hydroxyl groups excluding tert-OH is 1. The molecule has 4 rings (SSSR count). The molecular formula is C21H26N4O2. The highest BCUT2D eigenvalue weighted by Crippen LogP contribution is 2.31. The van der Waals surface area contributed by atoms with Crippen molar-refractivity contribution < 1.29 is 9.84 Å². The van der Waals surface area contributed by atoms with Crippen LogP contribution in [-0.4, -0.2) is 52.8 Å². The van der Waals surface area contributed by atoms with Crippen molar-refractivity contribution in [3.63, 3.8) is 0 Å². The molecule has 0 atom stereocenters. The average Bonchev–Trinajstić information content (AvgIpc) is 3.03. The molecule has 0 aliphatic carbocycles. The summed E-state index contributed by atoms with van der Waals surface area (Å²) in [4.78, 5) is 7.35. The minimum Gasteiger partial charge on any atom is -0.394 e. The van der Waals surface area contributed by atoms with Crippen molar-refractivity contribution in [2.24, 2.45) is 0 Å². The summed E-state index contributed by atoms with van der Waals surface area (Å²) in [6, 6.07) is 6.62. The number of aryl methyl sites for hydroxylation is 3. The topological polar surface area (TPSA) is 63.4 Å². The first-order valence-corrected chi connectivity index (χ1v) is 9.47. The molecule has 1 aliphatic heterocycles. The monoisotopic (exact) mass is 366 g/mol. The number of rotatable bonds is 4. The maximum atomic E-state index is 9.16. The highest BCUT2D eigenvalue weighted by Gasteiger charge is 2.16. The maximum absolute atomic E-state index is 9.16. The predicted octanol–water partition coefficient (Wildman–Crippen LogP) is 2.85. The van der Waals surface area contributed by atoms with E-state index >= 15 is 0 Å². The van der Waals surface area contributed by atoms with E-state index in [9.17, 15) is 0 Å².